The number of hydrogen-bond acceptors (Lipinski definition) is 6. The number of ether oxygens (including phenoxy) is 1. The lowest BCUT2D eigenvalue weighted by molar-refractivity contribution is -0.116. The summed E-state index contributed by atoms with van der Waals surface area (Å²) in [5, 5.41) is 4.88. The Morgan fingerprint density at radius 3 is 2.64 bits per heavy atom. The van der Waals surface area contributed by atoms with Crippen LogP contribution in [0, 0.1) is 0 Å². The van der Waals surface area contributed by atoms with Crippen molar-refractivity contribution in [3.8, 4) is 11.4 Å². The molecule has 9 nitrogen and oxygen atoms in total. The maximum atomic E-state index is 12.5. The van der Waals surface area contributed by atoms with E-state index in [1.165, 1.54) is 13.2 Å². The predicted octanol–water partition coefficient (Wildman–Crippen LogP) is 1.44. The highest BCUT2D eigenvalue weighted by Gasteiger charge is 2.31. The summed E-state index contributed by atoms with van der Waals surface area (Å²) in [6.45, 7) is 2.00. The highest BCUT2D eigenvalue weighted by Crippen LogP contribution is 2.29. The molecular formula is C19H20N4O5. The minimum absolute atomic E-state index is 0.0412. The highest BCUT2D eigenvalue weighted by atomic mass is 16.5. The van der Waals surface area contributed by atoms with Crippen molar-refractivity contribution in [3.05, 3.63) is 45.7 Å². The molecule has 0 bridgehead atoms. The van der Waals surface area contributed by atoms with Gasteiger partial charge >= 0.3 is 0 Å². The van der Waals surface area contributed by atoms with Crippen molar-refractivity contribution in [3.63, 3.8) is 0 Å². The fraction of sp³-hybridized carbons (Fsp3) is 0.263. The molecule has 1 aliphatic heterocycles. The first-order valence-corrected chi connectivity index (χ1v) is 8.76. The number of fused-ring (bicyclic) bond motifs is 1. The zero-order valence-electron chi connectivity index (χ0n) is 15.5. The molecule has 2 aromatic rings. The molecule has 0 radical (unpaired) electrons. The van der Waals surface area contributed by atoms with E-state index in [1.54, 1.807) is 12.1 Å². The van der Waals surface area contributed by atoms with Crippen LogP contribution in [0.15, 0.2) is 29.1 Å². The second-order valence-corrected chi connectivity index (χ2v) is 6.31. The van der Waals surface area contributed by atoms with Crippen LogP contribution < -0.4 is 26.7 Å². The molecule has 0 saturated carbocycles. The number of methoxy groups -OCH3 is 1. The second kappa shape index (κ2) is 7.55. The van der Waals surface area contributed by atoms with Crippen LogP contribution in [-0.4, -0.2) is 29.4 Å². The lowest BCUT2D eigenvalue weighted by atomic mass is 10.1. The first-order chi connectivity index (χ1) is 13.4. The third kappa shape index (κ3) is 3.34. The molecule has 0 unspecified atom stereocenters. The van der Waals surface area contributed by atoms with Crippen molar-refractivity contribution in [2.24, 2.45) is 0 Å². The quantitative estimate of drug-likeness (QED) is 0.646. The van der Waals surface area contributed by atoms with Gasteiger partial charge in [0, 0.05) is 18.6 Å². The fourth-order valence-corrected chi connectivity index (χ4v) is 3.02. The Hall–Kier alpha value is -3.62. The van der Waals surface area contributed by atoms with E-state index in [4.69, 9.17) is 10.5 Å². The molecule has 1 aromatic heterocycles. The molecule has 0 spiro atoms. The zero-order chi connectivity index (χ0) is 20.4. The summed E-state index contributed by atoms with van der Waals surface area (Å²) in [6, 6.07) is 5.74. The average Bonchev–Trinajstić information content (AvgIpc) is 2.94. The molecule has 146 valence electrons. The van der Waals surface area contributed by atoms with E-state index in [9.17, 15) is 19.2 Å². The summed E-state index contributed by atoms with van der Waals surface area (Å²) < 4.78 is 6.43. The number of aromatic nitrogens is 1. The van der Waals surface area contributed by atoms with Crippen LogP contribution in [0.3, 0.4) is 0 Å². The van der Waals surface area contributed by atoms with Gasteiger partial charge in [0.25, 0.3) is 17.4 Å². The second-order valence-electron chi connectivity index (χ2n) is 6.31. The van der Waals surface area contributed by atoms with Crippen molar-refractivity contribution in [1.82, 2.24) is 9.88 Å². The first-order valence-electron chi connectivity index (χ1n) is 8.76. The van der Waals surface area contributed by atoms with E-state index in [0.717, 1.165) is 23.5 Å². The molecule has 0 fully saturated rings. The number of unbranched alkanes of at least 4 members (excludes halogenated alkanes) is 1. The van der Waals surface area contributed by atoms with Gasteiger partial charge in [0.2, 0.25) is 5.91 Å². The molecule has 3 amide bonds. The molecule has 0 atom stereocenters. The summed E-state index contributed by atoms with van der Waals surface area (Å²) in [5.41, 5.74) is 6.16. The maximum absolute atomic E-state index is 12.5. The van der Waals surface area contributed by atoms with Crippen LogP contribution in [0.2, 0.25) is 0 Å². The van der Waals surface area contributed by atoms with Gasteiger partial charge in [-0.15, -0.1) is 0 Å². The number of pyridine rings is 1. The van der Waals surface area contributed by atoms with Gasteiger partial charge in [-0.05, 0) is 18.6 Å². The van der Waals surface area contributed by atoms with Gasteiger partial charge in [-0.25, -0.2) is 0 Å². The number of nitrogens with zero attached hydrogens (tertiary/aromatic N) is 1. The summed E-state index contributed by atoms with van der Waals surface area (Å²) >= 11 is 0. The molecule has 1 aliphatic rings. The van der Waals surface area contributed by atoms with Crippen molar-refractivity contribution >= 4 is 29.2 Å². The number of rotatable bonds is 6. The third-order valence-electron chi connectivity index (χ3n) is 4.43. The van der Waals surface area contributed by atoms with E-state index in [2.05, 4.69) is 10.6 Å². The maximum Gasteiger partial charge on any atom is 0.262 e. The number of anilines is 2. The van der Waals surface area contributed by atoms with E-state index >= 15 is 0 Å². The highest BCUT2D eigenvalue weighted by molar-refractivity contribution is 6.23. The van der Waals surface area contributed by atoms with Crippen molar-refractivity contribution in [2.45, 2.75) is 26.2 Å². The lowest BCUT2D eigenvalue weighted by Crippen LogP contribution is -2.24. The van der Waals surface area contributed by atoms with Gasteiger partial charge in [0.15, 0.2) is 0 Å². The predicted molar refractivity (Wildman–Crippen MR) is 103 cm³/mol. The summed E-state index contributed by atoms with van der Waals surface area (Å²) in [4.78, 5) is 48.2. The van der Waals surface area contributed by atoms with Gasteiger partial charge in [0.05, 0.1) is 29.6 Å². The Balaban J connectivity index is 2.03. The number of hydrogen-bond donors (Lipinski definition) is 3. The van der Waals surface area contributed by atoms with Crippen LogP contribution in [0.25, 0.3) is 5.69 Å². The van der Waals surface area contributed by atoms with Gasteiger partial charge < -0.3 is 15.8 Å². The Labute approximate surface area is 160 Å². The minimum atomic E-state index is -0.655. The standard InChI is InChI=1S/C19H20N4O5/c1-3-4-5-14(24)21-12-7-6-10(8-13(12)28-2)23-15(25)9-11-16(17(23)20)19(27)22-18(11)26/h6-9H,3-5,20H2,1-2H3,(H,21,24)(H,22,26,27). The Bertz CT molecular complexity index is 1040. The lowest BCUT2D eigenvalue weighted by Gasteiger charge is -2.15. The summed E-state index contributed by atoms with van der Waals surface area (Å²) in [6.07, 6.45) is 2.07. The minimum Gasteiger partial charge on any atom is -0.494 e. The third-order valence-corrected chi connectivity index (χ3v) is 4.43. The zero-order valence-corrected chi connectivity index (χ0v) is 15.5. The van der Waals surface area contributed by atoms with Gasteiger partial charge in [-0.2, -0.15) is 0 Å². The van der Waals surface area contributed by atoms with Gasteiger partial charge in [-0.1, -0.05) is 13.3 Å². The van der Waals surface area contributed by atoms with E-state index < -0.39 is 17.4 Å². The molecule has 0 aliphatic carbocycles. The topological polar surface area (TPSA) is 133 Å². The van der Waals surface area contributed by atoms with Crippen LogP contribution in [0.1, 0.15) is 46.9 Å². The smallest absolute Gasteiger partial charge is 0.262 e. The molecule has 1 aromatic carbocycles. The van der Waals surface area contributed by atoms with Crippen molar-refractivity contribution < 1.29 is 19.1 Å². The Kier molecular flexibility index (Phi) is 5.16. The van der Waals surface area contributed by atoms with Gasteiger partial charge in [0.1, 0.15) is 11.6 Å². The van der Waals surface area contributed by atoms with Crippen molar-refractivity contribution in [1.29, 1.82) is 0 Å². The first kappa shape index (κ1) is 19.2. The molecule has 3 rings (SSSR count). The Morgan fingerprint density at radius 1 is 1.21 bits per heavy atom. The van der Waals surface area contributed by atoms with Crippen LogP contribution in [-0.2, 0) is 4.79 Å². The molecular weight excluding hydrogens is 364 g/mol. The number of nitrogens with two attached hydrogens (primary N) is 1. The van der Waals surface area contributed by atoms with Crippen LogP contribution in [0.4, 0.5) is 11.5 Å². The molecule has 9 heteroatoms. The van der Waals surface area contributed by atoms with E-state index in [-0.39, 0.29) is 22.9 Å². The Morgan fingerprint density at radius 2 is 1.96 bits per heavy atom. The SMILES string of the molecule is CCCCC(=O)Nc1ccc(-n2c(N)c3c(cc2=O)C(=O)NC3=O)cc1OC. The largest absolute Gasteiger partial charge is 0.494 e. The summed E-state index contributed by atoms with van der Waals surface area (Å²) in [7, 11) is 1.43. The molecule has 2 heterocycles. The van der Waals surface area contributed by atoms with Crippen molar-refractivity contribution in [2.75, 3.05) is 18.2 Å². The molecule has 28 heavy (non-hydrogen) atoms. The average molecular weight is 384 g/mol. The van der Waals surface area contributed by atoms with Crippen LogP contribution >= 0.6 is 0 Å². The van der Waals surface area contributed by atoms with Crippen LogP contribution in [0.5, 0.6) is 5.75 Å². The number of carbonyl (C=O) groups is 3. The molecule has 4 N–H and O–H groups in total. The van der Waals surface area contributed by atoms with Gasteiger partial charge in [-0.3, -0.25) is 29.1 Å². The summed E-state index contributed by atoms with van der Waals surface area (Å²) in [5.74, 6) is -1.27. The number of carbonyl (C=O) groups excluding carboxylic acids is 3. The number of amides is 3. The van der Waals surface area contributed by atoms with E-state index in [0.29, 0.717) is 23.5 Å². The number of nitrogen functional groups attached to an aromatic ring is 1. The monoisotopic (exact) mass is 384 g/mol. The number of nitrogens with one attached hydrogen (secondary N) is 2. The number of imide groups is 1. The van der Waals surface area contributed by atoms with E-state index in [1.807, 2.05) is 6.92 Å². The fourth-order valence-electron chi connectivity index (χ4n) is 3.02. The number of benzene rings is 1. The normalized spacial score (nSPS) is 12.5. The molecule has 0 saturated heterocycles.